The first-order chi connectivity index (χ1) is 9.38. The maximum atomic E-state index is 13.3. The fraction of sp³-hybridized carbons (Fsp3) is 0. The van der Waals surface area contributed by atoms with Crippen molar-refractivity contribution in [3.05, 3.63) is 50.8 Å². The fourth-order valence-corrected chi connectivity index (χ4v) is 2.11. The summed E-state index contributed by atoms with van der Waals surface area (Å²) >= 11 is 17.0. The SMILES string of the molecule is O=C(O)c1nc(Nc2cc(Cl)c(F)c(Cl)c2)ccc1Cl. The summed E-state index contributed by atoms with van der Waals surface area (Å²) < 4.78 is 13.3. The molecule has 2 aromatic rings. The molecule has 0 radical (unpaired) electrons. The van der Waals surface area contributed by atoms with E-state index in [2.05, 4.69) is 10.3 Å². The molecule has 1 aromatic carbocycles. The number of aromatic carboxylic acids is 1. The first kappa shape index (κ1) is 14.8. The quantitative estimate of drug-likeness (QED) is 0.803. The number of hydrogen-bond acceptors (Lipinski definition) is 3. The minimum Gasteiger partial charge on any atom is -0.476 e. The second kappa shape index (κ2) is 5.83. The number of pyridine rings is 1. The predicted molar refractivity (Wildman–Crippen MR) is 75.9 cm³/mol. The van der Waals surface area contributed by atoms with Gasteiger partial charge < -0.3 is 10.4 Å². The molecule has 8 heteroatoms. The highest BCUT2D eigenvalue weighted by Gasteiger charge is 2.12. The van der Waals surface area contributed by atoms with Crippen LogP contribution in [0.1, 0.15) is 10.5 Å². The van der Waals surface area contributed by atoms with E-state index < -0.39 is 11.8 Å². The molecule has 0 unspecified atom stereocenters. The van der Waals surface area contributed by atoms with Gasteiger partial charge in [-0.05, 0) is 24.3 Å². The lowest BCUT2D eigenvalue weighted by atomic mass is 10.3. The van der Waals surface area contributed by atoms with Gasteiger partial charge in [0.1, 0.15) is 5.82 Å². The Morgan fingerprint density at radius 3 is 2.30 bits per heavy atom. The Balaban J connectivity index is 2.35. The number of carbonyl (C=O) groups is 1. The molecule has 1 heterocycles. The van der Waals surface area contributed by atoms with E-state index in [1.807, 2.05) is 0 Å². The highest BCUT2D eigenvalue weighted by Crippen LogP contribution is 2.29. The summed E-state index contributed by atoms with van der Waals surface area (Å²) in [4.78, 5) is 14.7. The van der Waals surface area contributed by atoms with Gasteiger partial charge in [-0.3, -0.25) is 0 Å². The number of rotatable bonds is 3. The van der Waals surface area contributed by atoms with E-state index in [1.54, 1.807) is 0 Å². The molecule has 0 aliphatic rings. The predicted octanol–water partition coefficient (Wildman–Crippen LogP) is 4.62. The van der Waals surface area contributed by atoms with Crippen molar-refractivity contribution in [2.24, 2.45) is 0 Å². The van der Waals surface area contributed by atoms with Crippen molar-refractivity contribution >= 4 is 52.3 Å². The Bertz CT molecular complexity index is 671. The fourth-order valence-electron chi connectivity index (χ4n) is 1.44. The first-order valence-electron chi connectivity index (χ1n) is 5.20. The molecule has 0 fully saturated rings. The van der Waals surface area contributed by atoms with Crippen LogP contribution in [0.25, 0.3) is 0 Å². The molecule has 4 nitrogen and oxygen atoms in total. The van der Waals surface area contributed by atoms with Crippen LogP contribution in [-0.4, -0.2) is 16.1 Å². The van der Waals surface area contributed by atoms with E-state index in [-0.39, 0.29) is 26.6 Å². The zero-order valence-electron chi connectivity index (χ0n) is 9.62. The summed E-state index contributed by atoms with van der Waals surface area (Å²) in [7, 11) is 0. The third-order valence-corrected chi connectivity index (χ3v) is 3.16. The van der Waals surface area contributed by atoms with E-state index in [9.17, 15) is 9.18 Å². The normalized spacial score (nSPS) is 10.4. The van der Waals surface area contributed by atoms with Gasteiger partial charge in [0.15, 0.2) is 11.5 Å². The van der Waals surface area contributed by atoms with Gasteiger partial charge in [0, 0.05) is 5.69 Å². The monoisotopic (exact) mass is 334 g/mol. The van der Waals surface area contributed by atoms with Gasteiger partial charge in [-0.1, -0.05) is 34.8 Å². The average Bonchev–Trinajstić information content (AvgIpc) is 2.38. The van der Waals surface area contributed by atoms with Crippen LogP contribution < -0.4 is 5.32 Å². The van der Waals surface area contributed by atoms with Crippen LogP contribution in [0.3, 0.4) is 0 Å². The highest BCUT2D eigenvalue weighted by molar-refractivity contribution is 6.35. The van der Waals surface area contributed by atoms with E-state index in [1.165, 1.54) is 24.3 Å². The number of anilines is 2. The number of nitrogens with one attached hydrogen (secondary N) is 1. The summed E-state index contributed by atoms with van der Waals surface area (Å²) in [6.07, 6.45) is 0. The number of halogens is 4. The summed E-state index contributed by atoms with van der Waals surface area (Å²) in [6.45, 7) is 0. The third kappa shape index (κ3) is 3.12. The zero-order chi connectivity index (χ0) is 14.9. The van der Waals surface area contributed by atoms with Crippen molar-refractivity contribution in [3.8, 4) is 0 Å². The summed E-state index contributed by atoms with van der Waals surface area (Å²) in [6, 6.07) is 5.46. The third-order valence-electron chi connectivity index (χ3n) is 2.30. The molecule has 1 aromatic heterocycles. The second-order valence-electron chi connectivity index (χ2n) is 3.71. The van der Waals surface area contributed by atoms with Crippen molar-refractivity contribution in [1.29, 1.82) is 0 Å². The number of benzene rings is 1. The maximum Gasteiger partial charge on any atom is 0.356 e. The molecular formula is C12H6Cl3FN2O2. The van der Waals surface area contributed by atoms with Gasteiger partial charge in [0.2, 0.25) is 0 Å². The van der Waals surface area contributed by atoms with E-state index in [0.29, 0.717) is 5.69 Å². The molecule has 0 aliphatic heterocycles. The van der Waals surface area contributed by atoms with Gasteiger partial charge >= 0.3 is 5.97 Å². The molecule has 0 spiro atoms. The van der Waals surface area contributed by atoms with E-state index in [0.717, 1.165) is 0 Å². The standard InChI is InChI=1S/C12H6Cl3FN2O2/c13-6-1-2-9(18-11(6)12(19)20)17-5-3-7(14)10(16)8(15)4-5/h1-4H,(H,17,18)(H,19,20). The first-order valence-corrected chi connectivity index (χ1v) is 6.33. The molecular weight excluding hydrogens is 330 g/mol. The lowest BCUT2D eigenvalue weighted by molar-refractivity contribution is 0.0691. The Morgan fingerprint density at radius 2 is 1.75 bits per heavy atom. The van der Waals surface area contributed by atoms with Gasteiger partial charge in [0.05, 0.1) is 15.1 Å². The van der Waals surface area contributed by atoms with Crippen LogP contribution in [0.15, 0.2) is 24.3 Å². The number of carboxylic acids is 1. The number of hydrogen-bond donors (Lipinski definition) is 2. The number of nitrogens with zero attached hydrogens (tertiary/aromatic N) is 1. The molecule has 2 N–H and O–H groups in total. The summed E-state index contributed by atoms with van der Waals surface area (Å²) in [5.74, 6) is -1.77. The molecule has 104 valence electrons. The molecule has 0 amide bonds. The van der Waals surface area contributed by atoms with Crippen LogP contribution in [0, 0.1) is 5.82 Å². The molecule has 0 bridgehead atoms. The number of aromatic nitrogens is 1. The Hall–Kier alpha value is -1.56. The highest BCUT2D eigenvalue weighted by atomic mass is 35.5. The molecule has 0 saturated heterocycles. The van der Waals surface area contributed by atoms with E-state index >= 15 is 0 Å². The minimum absolute atomic E-state index is 0.0122. The minimum atomic E-state index is -1.26. The Kier molecular flexibility index (Phi) is 4.32. The molecule has 0 saturated carbocycles. The average molecular weight is 336 g/mol. The van der Waals surface area contributed by atoms with Crippen LogP contribution in [0.4, 0.5) is 15.9 Å². The largest absolute Gasteiger partial charge is 0.476 e. The lowest BCUT2D eigenvalue weighted by Gasteiger charge is -2.08. The van der Waals surface area contributed by atoms with Gasteiger partial charge in [-0.25, -0.2) is 14.2 Å². The zero-order valence-corrected chi connectivity index (χ0v) is 11.9. The van der Waals surface area contributed by atoms with Crippen LogP contribution in [-0.2, 0) is 0 Å². The van der Waals surface area contributed by atoms with Gasteiger partial charge in [-0.2, -0.15) is 0 Å². The molecule has 0 aliphatic carbocycles. The summed E-state index contributed by atoms with van der Waals surface area (Å²) in [5.41, 5.74) is 0.0727. The molecule has 0 atom stereocenters. The second-order valence-corrected chi connectivity index (χ2v) is 4.93. The number of carboxylic acid groups (broad SMARTS) is 1. The van der Waals surface area contributed by atoms with Gasteiger partial charge in [0.25, 0.3) is 0 Å². The van der Waals surface area contributed by atoms with Crippen LogP contribution in [0.2, 0.25) is 15.1 Å². The van der Waals surface area contributed by atoms with Crippen molar-refractivity contribution < 1.29 is 14.3 Å². The van der Waals surface area contributed by atoms with Crippen molar-refractivity contribution in [3.63, 3.8) is 0 Å². The lowest BCUT2D eigenvalue weighted by Crippen LogP contribution is -2.04. The maximum absolute atomic E-state index is 13.3. The Labute approximate surface area is 128 Å². The Morgan fingerprint density at radius 1 is 1.15 bits per heavy atom. The van der Waals surface area contributed by atoms with Crippen LogP contribution >= 0.6 is 34.8 Å². The summed E-state index contributed by atoms with van der Waals surface area (Å²) in [5, 5.41) is 11.4. The van der Waals surface area contributed by atoms with Crippen molar-refractivity contribution in [2.45, 2.75) is 0 Å². The molecule has 2 rings (SSSR count). The topological polar surface area (TPSA) is 62.2 Å². The smallest absolute Gasteiger partial charge is 0.356 e. The van der Waals surface area contributed by atoms with Crippen LogP contribution in [0.5, 0.6) is 0 Å². The molecule has 20 heavy (non-hydrogen) atoms. The van der Waals surface area contributed by atoms with Crippen molar-refractivity contribution in [2.75, 3.05) is 5.32 Å². The van der Waals surface area contributed by atoms with E-state index in [4.69, 9.17) is 39.9 Å². The van der Waals surface area contributed by atoms with Gasteiger partial charge in [-0.15, -0.1) is 0 Å². The van der Waals surface area contributed by atoms with Crippen molar-refractivity contribution in [1.82, 2.24) is 4.98 Å².